The molecule has 7 nitrogen and oxygen atoms in total. The van der Waals surface area contributed by atoms with Crippen molar-refractivity contribution in [1.82, 2.24) is 20.1 Å². The van der Waals surface area contributed by atoms with E-state index in [0.29, 0.717) is 13.1 Å². The van der Waals surface area contributed by atoms with Gasteiger partial charge in [0.25, 0.3) is 17.4 Å². The number of nitrogens with one attached hydrogen (secondary N) is 2. The van der Waals surface area contributed by atoms with E-state index in [9.17, 15) is 14.4 Å². The van der Waals surface area contributed by atoms with Crippen molar-refractivity contribution in [3.8, 4) is 0 Å². The van der Waals surface area contributed by atoms with Gasteiger partial charge in [-0.05, 0) is 63.4 Å². The number of benzene rings is 1. The van der Waals surface area contributed by atoms with Crippen LogP contribution >= 0.6 is 0 Å². The summed E-state index contributed by atoms with van der Waals surface area (Å²) in [6.07, 6.45) is 5.82. The molecule has 1 aliphatic heterocycles. The van der Waals surface area contributed by atoms with E-state index in [-0.39, 0.29) is 17.0 Å². The van der Waals surface area contributed by atoms with Crippen LogP contribution in [0.3, 0.4) is 0 Å². The van der Waals surface area contributed by atoms with Crippen molar-refractivity contribution in [3.05, 3.63) is 69.6 Å². The molecule has 7 heteroatoms. The average Bonchev–Trinajstić information content (AvgIpc) is 2.78. The molecule has 31 heavy (non-hydrogen) atoms. The number of piperidine rings is 1. The first-order valence-corrected chi connectivity index (χ1v) is 10.9. The van der Waals surface area contributed by atoms with Crippen LogP contribution < -0.4 is 10.9 Å². The van der Waals surface area contributed by atoms with E-state index < -0.39 is 11.5 Å². The van der Waals surface area contributed by atoms with Gasteiger partial charge in [0.1, 0.15) is 5.56 Å². The lowest BCUT2D eigenvalue weighted by molar-refractivity contribution is 0.0783. The molecule has 0 radical (unpaired) electrons. The summed E-state index contributed by atoms with van der Waals surface area (Å²) in [6, 6.07) is 10.9. The maximum absolute atomic E-state index is 12.8. The predicted molar refractivity (Wildman–Crippen MR) is 121 cm³/mol. The van der Waals surface area contributed by atoms with Gasteiger partial charge in [0, 0.05) is 26.3 Å². The van der Waals surface area contributed by atoms with E-state index in [0.717, 1.165) is 37.4 Å². The number of carbonyl (C=O) groups is 2. The first-order chi connectivity index (χ1) is 14.9. The molecule has 1 aromatic carbocycles. The highest BCUT2D eigenvalue weighted by atomic mass is 16.2. The van der Waals surface area contributed by atoms with E-state index in [4.69, 9.17) is 0 Å². The second-order valence-electron chi connectivity index (χ2n) is 8.42. The largest absolute Gasteiger partial charge is 0.352 e. The lowest BCUT2D eigenvalue weighted by atomic mass is 9.92. The highest BCUT2D eigenvalue weighted by molar-refractivity contribution is 5.99. The second kappa shape index (κ2) is 10.9. The fourth-order valence-corrected chi connectivity index (χ4v) is 3.95. The summed E-state index contributed by atoms with van der Waals surface area (Å²) in [5, 5.41) is 2.91. The normalized spacial score (nSPS) is 14.9. The van der Waals surface area contributed by atoms with Gasteiger partial charge >= 0.3 is 0 Å². The minimum Gasteiger partial charge on any atom is -0.352 e. The van der Waals surface area contributed by atoms with Crippen LogP contribution in [0.4, 0.5) is 0 Å². The van der Waals surface area contributed by atoms with Crippen molar-refractivity contribution in [1.29, 1.82) is 0 Å². The van der Waals surface area contributed by atoms with Crippen molar-refractivity contribution in [2.24, 2.45) is 5.92 Å². The third-order valence-electron chi connectivity index (χ3n) is 5.92. The molecular formula is C24H32N4O3. The van der Waals surface area contributed by atoms with Crippen LogP contribution in [0.15, 0.2) is 47.4 Å². The van der Waals surface area contributed by atoms with E-state index in [1.54, 1.807) is 7.05 Å². The van der Waals surface area contributed by atoms with Crippen molar-refractivity contribution in [2.45, 2.75) is 32.2 Å². The van der Waals surface area contributed by atoms with Gasteiger partial charge in [-0.25, -0.2) is 0 Å². The Hall–Kier alpha value is -2.93. The molecule has 0 aliphatic carbocycles. The van der Waals surface area contributed by atoms with Crippen LogP contribution in [0, 0.1) is 5.92 Å². The van der Waals surface area contributed by atoms with Gasteiger partial charge in [-0.3, -0.25) is 14.4 Å². The summed E-state index contributed by atoms with van der Waals surface area (Å²) in [4.78, 5) is 43.9. The molecule has 0 atom stereocenters. The Labute approximate surface area is 183 Å². The van der Waals surface area contributed by atoms with Crippen LogP contribution in [0.2, 0.25) is 0 Å². The first kappa shape index (κ1) is 22.7. The minimum atomic E-state index is -0.497. The molecule has 2 N–H and O–H groups in total. The number of hydrogen-bond donors (Lipinski definition) is 2. The Morgan fingerprint density at radius 3 is 2.61 bits per heavy atom. The number of rotatable bonds is 8. The Bertz CT molecular complexity index is 933. The summed E-state index contributed by atoms with van der Waals surface area (Å²) < 4.78 is 0. The van der Waals surface area contributed by atoms with Gasteiger partial charge in [0.15, 0.2) is 0 Å². The van der Waals surface area contributed by atoms with Gasteiger partial charge in [-0.1, -0.05) is 30.3 Å². The molecule has 1 saturated heterocycles. The average molecular weight is 425 g/mol. The fraction of sp³-hybridized carbons (Fsp3) is 0.458. The van der Waals surface area contributed by atoms with Crippen LogP contribution in [0.5, 0.6) is 0 Å². The fourth-order valence-electron chi connectivity index (χ4n) is 3.95. The topological polar surface area (TPSA) is 85.5 Å². The van der Waals surface area contributed by atoms with Crippen molar-refractivity contribution < 1.29 is 9.59 Å². The number of H-pyrrole nitrogens is 1. The predicted octanol–water partition coefficient (Wildman–Crippen LogP) is 2.50. The summed E-state index contributed by atoms with van der Waals surface area (Å²) in [5.41, 5.74) is 0.727. The number of pyridine rings is 1. The quantitative estimate of drug-likeness (QED) is 0.638. The molecule has 0 saturated carbocycles. The maximum atomic E-state index is 12.8. The monoisotopic (exact) mass is 424 g/mol. The third kappa shape index (κ3) is 6.52. The van der Waals surface area contributed by atoms with Crippen molar-refractivity contribution in [2.75, 3.05) is 33.7 Å². The summed E-state index contributed by atoms with van der Waals surface area (Å²) in [7, 11) is 3.80. The Morgan fingerprint density at radius 2 is 1.90 bits per heavy atom. The Morgan fingerprint density at radius 1 is 1.19 bits per heavy atom. The molecule has 0 bridgehead atoms. The van der Waals surface area contributed by atoms with Crippen LogP contribution in [-0.2, 0) is 6.54 Å². The zero-order chi connectivity index (χ0) is 22.2. The number of amides is 2. The number of aromatic amines is 1. The molecule has 166 valence electrons. The minimum absolute atomic E-state index is 0.0302. The van der Waals surface area contributed by atoms with E-state index in [1.807, 2.05) is 30.3 Å². The van der Waals surface area contributed by atoms with Crippen molar-refractivity contribution >= 4 is 11.8 Å². The number of nitrogens with zero attached hydrogens (tertiary/aromatic N) is 2. The zero-order valence-electron chi connectivity index (χ0n) is 18.4. The van der Waals surface area contributed by atoms with Gasteiger partial charge in [0.2, 0.25) is 0 Å². The lowest BCUT2D eigenvalue weighted by Gasteiger charge is -2.28. The summed E-state index contributed by atoms with van der Waals surface area (Å²) in [6.45, 7) is 3.25. The van der Waals surface area contributed by atoms with Gasteiger partial charge in [0.05, 0.1) is 5.56 Å². The summed E-state index contributed by atoms with van der Waals surface area (Å²) >= 11 is 0. The first-order valence-electron chi connectivity index (χ1n) is 10.9. The van der Waals surface area contributed by atoms with Gasteiger partial charge in [-0.2, -0.15) is 0 Å². The number of likely N-dealkylation sites (tertiary alicyclic amines) is 1. The molecular weight excluding hydrogens is 392 g/mol. The third-order valence-corrected chi connectivity index (χ3v) is 5.92. The highest BCUT2D eigenvalue weighted by Gasteiger charge is 2.19. The number of carbonyl (C=O) groups excluding carboxylic acids is 2. The summed E-state index contributed by atoms with van der Waals surface area (Å²) in [5.74, 6) is 0.0342. The molecule has 3 rings (SSSR count). The second-order valence-corrected chi connectivity index (χ2v) is 8.42. The van der Waals surface area contributed by atoms with E-state index in [2.05, 4.69) is 22.2 Å². The molecule has 0 spiro atoms. The maximum Gasteiger partial charge on any atom is 0.260 e. The number of aromatic nitrogens is 1. The standard InChI is InChI=1S/C24H32N4O3/c1-27-13-10-18(11-14-27)9-6-12-25-22(29)20-15-21(23(30)26-16-20)24(31)28(2)17-19-7-4-3-5-8-19/h3-5,7-8,15-16,18H,6,9-14,17H2,1-2H3,(H,25,29)(H,26,30). The van der Waals surface area contributed by atoms with Crippen LogP contribution in [0.1, 0.15) is 52.0 Å². The molecule has 1 aliphatic rings. The Balaban J connectivity index is 1.53. The van der Waals surface area contributed by atoms with Crippen LogP contribution in [0.25, 0.3) is 0 Å². The number of hydrogen-bond acceptors (Lipinski definition) is 4. The lowest BCUT2D eigenvalue weighted by Crippen LogP contribution is -2.33. The molecule has 2 amide bonds. The van der Waals surface area contributed by atoms with Crippen LogP contribution in [-0.4, -0.2) is 60.3 Å². The SMILES string of the molecule is CN1CCC(CCCNC(=O)c2c[nH]c(=O)c(C(=O)N(C)Cc3ccccc3)c2)CC1. The van der Waals surface area contributed by atoms with E-state index in [1.165, 1.54) is 30.0 Å². The van der Waals surface area contributed by atoms with Gasteiger partial charge < -0.3 is 20.1 Å². The molecule has 1 aromatic heterocycles. The van der Waals surface area contributed by atoms with E-state index >= 15 is 0 Å². The highest BCUT2D eigenvalue weighted by Crippen LogP contribution is 2.20. The van der Waals surface area contributed by atoms with Crippen molar-refractivity contribution in [3.63, 3.8) is 0 Å². The molecule has 1 fully saturated rings. The zero-order valence-corrected chi connectivity index (χ0v) is 18.4. The smallest absolute Gasteiger partial charge is 0.260 e. The Kier molecular flexibility index (Phi) is 8.00. The molecule has 2 heterocycles. The molecule has 2 aromatic rings. The molecule has 0 unspecified atom stereocenters. The van der Waals surface area contributed by atoms with Gasteiger partial charge in [-0.15, -0.1) is 0 Å².